The summed E-state index contributed by atoms with van der Waals surface area (Å²) in [7, 11) is 3.05. The Morgan fingerprint density at radius 1 is 1.22 bits per heavy atom. The maximum atomic E-state index is 11.5. The molecule has 1 unspecified atom stereocenters. The second-order valence-corrected chi connectivity index (χ2v) is 3.59. The molecule has 1 rings (SSSR count). The Morgan fingerprint density at radius 2 is 1.83 bits per heavy atom. The van der Waals surface area contributed by atoms with Gasteiger partial charge in [-0.2, -0.15) is 0 Å². The molecule has 0 bridgehead atoms. The van der Waals surface area contributed by atoms with Crippen LogP contribution in [-0.4, -0.2) is 33.2 Å². The zero-order valence-corrected chi connectivity index (χ0v) is 10.9. The molecule has 0 saturated carbocycles. The summed E-state index contributed by atoms with van der Waals surface area (Å²) >= 11 is 0. The summed E-state index contributed by atoms with van der Waals surface area (Å²) in [6.45, 7) is 2.07. The standard InChI is InChI=1S/C13H19NO4/c1-4-18-13(15)14-11(12(16-2)17-3)10-8-6-5-7-9-10/h5-9,11-12H,4H2,1-3H3,(H,14,15). The van der Waals surface area contributed by atoms with Gasteiger partial charge in [0.2, 0.25) is 0 Å². The van der Waals surface area contributed by atoms with Gasteiger partial charge in [0.25, 0.3) is 0 Å². The van der Waals surface area contributed by atoms with E-state index >= 15 is 0 Å². The van der Waals surface area contributed by atoms with Crippen molar-refractivity contribution >= 4 is 6.09 Å². The number of benzene rings is 1. The quantitative estimate of drug-likeness (QED) is 0.789. The first-order valence-electron chi connectivity index (χ1n) is 5.76. The molecule has 1 N–H and O–H groups in total. The van der Waals surface area contributed by atoms with Crippen molar-refractivity contribution in [3.05, 3.63) is 35.9 Å². The van der Waals surface area contributed by atoms with Gasteiger partial charge >= 0.3 is 6.09 Å². The van der Waals surface area contributed by atoms with Gasteiger partial charge in [0.05, 0.1) is 6.61 Å². The van der Waals surface area contributed by atoms with E-state index in [-0.39, 0.29) is 0 Å². The Balaban J connectivity index is 2.85. The largest absolute Gasteiger partial charge is 0.450 e. The lowest BCUT2D eigenvalue weighted by molar-refractivity contribution is -0.123. The Labute approximate surface area is 107 Å². The molecule has 0 aliphatic carbocycles. The average Bonchev–Trinajstić information content (AvgIpc) is 2.40. The first-order valence-corrected chi connectivity index (χ1v) is 5.76. The van der Waals surface area contributed by atoms with Crippen LogP contribution in [0.4, 0.5) is 4.79 Å². The molecule has 0 fully saturated rings. The number of hydrogen-bond acceptors (Lipinski definition) is 4. The highest BCUT2D eigenvalue weighted by Gasteiger charge is 2.25. The third kappa shape index (κ3) is 4.01. The number of methoxy groups -OCH3 is 2. The fraction of sp³-hybridized carbons (Fsp3) is 0.462. The van der Waals surface area contributed by atoms with Gasteiger partial charge in [-0.1, -0.05) is 30.3 Å². The van der Waals surface area contributed by atoms with Gasteiger partial charge in [-0.3, -0.25) is 0 Å². The van der Waals surface area contributed by atoms with Gasteiger partial charge in [0, 0.05) is 14.2 Å². The first kappa shape index (κ1) is 14.5. The molecule has 1 aromatic carbocycles. The number of rotatable bonds is 6. The topological polar surface area (TPSA) is 56.8 Å². The SMILES string of the molecule is CCOC(=O)NC(c1ccccc1)C(OC)OC. The third-order valence-corrected chi connectivity index (χ3v) is 2.44. The molecule has 1 amide bonds. The zero-order valence-electron chi connectivity index (χ0n) is 10.9. The van der Waals surface area contributed by atoms with Crippen molar-refractivity contribution < 1.29 is 19.0 Å². The van der Waals surface area contributed by atoms with Gasteiger partial charge < -0.3 is 19.5 Å². The Hall–Kier alpha value is -1.59. The minimum absolute atomic E-state index is 0.317. The highest BCUT2D eigenvalue weighted by molar-refractivity contribution is 5.67. The zero-order chi connectivity index (χ0) is 13.4. The smallest absolute Gasteiger partial charge is 0.407 e. The van der Waals surface area contributed by atoms with Crippen LogP contribution in [0.25, 0.3) is 0 Å². The second-order valence-electron chi connectivity index (χ2n) is 3.59. The molecule has 18 heavy (non-hydrogen) atoms. The lowest BCUT2D eigenvalue weighted by Gasteiger charge is -2.25. The van der Waals surface area contributed by atoms with Crippen molar-refractivity contribution in [2.45, 2.75) is 19.3 Å². The summed E-state index contributed by atoms with van der Waals surface area (Å²) in [4.78, 5) is 11.5. The van der Waals surface area contributed by atoms with Gasteiger partial charge in [0.15, 0.2) is 6.29 Å². The molecule has 5 nitrogen and oxygen atoms in total. The highest BCUT2D eigenvalue weighted by Crippen LogP contribution is 2.19. The second kappa shape index (κ2) is 7.68. The van der Waals surface area contributed by atoms with Gasteiger partial charge in [-0.15, -0.1) is 0 Å². The minimum Gasteiger partial charge on any atom is -0.450 e. The number of hydrogen-bond donors (Lipinski definition) is 1. The van der Waals surface area contributed by atoms with Crippen LogP contribution in [0.15, 0.2) is 30.3 Å². The Morgan fingerprint density at radius 3 is 2.33 bits per heavy atom. The van der Waals surface area contributed by atoms with Crippen molar-refractivity contribution in [1.29, 1.82) is 0 Å². The molecular weight excluding hydrogens is 234 g/mol. The minimum atomic E-state index is -0.572. The maximum Gasteiger partial charge on any atom is 0.407 e. The summed E-state index contributed by atoms with van der Waals surface area (Å²) < 4.78 is 15.3. The van der Waals surface area contributed by atoms with E-state index in [0.717, 1.165) is 5.56 Å². The van der Waals surface area contributed by atoms with E-state index < -0.39 is 18.4 Å². The van der Waals surface area contributed by atoms with Crippen molar-refractivity contribution in [2.75, 3.05) is 20.8 Å². The molecular formula is C13H19NO4. The Bertz CT molecular complexity index is 351. The maximum absolute atomic E-state index is 11.5. The van der Waals surface area contributed by atoms with Crippen LogP contribution in [0.5, 0.6) is 0 Å². The molecule has 0 saturated heterocycles. The summed E-state index contributed by atoms with van der Waals surface area (Å²) in [6.07, 6.45) is -1.07. The predicted molar refractivity (Wildman–Crippen MR) is 67.1 cm³/mol. The molecule has 0 aliphatic rings. The number of nitrogens with one attached hydrogen (secondary N) is 1. The van der Waals surface area contributed by atoms with E-state index in [2.05, 4.69) is 5.32 Å². The lowest BCUT2D eigenvalue weighted by Crippen LogP contribution is -2.38. The van der Waals surface area contributed by atoms with Crippen molar-refractivity contribution in [3.63, 3.8) is 0 Å². The van der Waals surface area contributed by atoms with E-state index in [1.807, 2.05) is 30.3 Å². The van der Waals surface area contributed by atoms with Crippen molar-refractivity contribution in [3.8, 4) is 0 Å². The third-order valence-electron chi connectivity index (χ3n) is 2.44. The van der Waals surface area contributed by atoms with Gasteiger partial charge in [-0.05, 0) is 12.5 Å². The molecule has 1 atom stereocenters. The first-order chi connectivity index (χ1) is 8.72. The molecule has 0 heterocycles. The van der Waals surface area contributed by atoms with E-state index in [1.165, 1.54) is 14.2 Å². The van der Waals surface area contributed by atoms with Crippen LogP contribution >= 0.6 is 0 Å². The number of carbonyl (C=O) groups excluding carboxylic acids is 1. The summed E-state index contributed by atoms with van der Waals surface area (Å²) in [5.41, 5.74) is 0.888. The molecule has 0 aromatic heterocycles. The molecule has 1 aromatic rings. The summed E-state index contributed by atoms with van der Waals surface area (Å²) in [5.74, 6) is 0. The monoisotopic (exact) mass is 253 g/mol. The van der Waals surface area contributed by atoms with Crippen LogP contribution in [0.1, 0.15) is 18.5 Å². The van der Waals surface area contributed by atoms with Crippen LogP contribution < -0.4 is 5.32 Å². The lowest BCUT2D eigenvalue weighted by atomic mass is 10.1. The normalized spacial score (nSPS) is 12.2. The summed E-state index contributed by atoms with van der Waals surface area (Å²) in [6, 6.07) is 9.04. The van der Waals surface area contributed by atoms with Gasteiger partial charge in [-0.25, -0.2) is 4.79 Å². The van der Waals surface area contributed by atoms with Crippen LogP contribution in [0, 0.1) is 0 Å². The number of carbonyl (C=O) groups is 1. The van der Waals surface area contributed by atoms with E-state index in [1.54, 1.807) is 6.92 Å². The fourth-order valence-corrected chi connectivity index (χ4v) is 1.64. The predicted octanol–water partition coefficient (Wildman–Crippen LogP) is 2.09. The molecule has 0 aliphatic heterocycles. The molecule has 5 heteroatoms. The number of amides is 1. The average molecular weight is 253 g/mol. The van der Waals surface area contributed by atoms with Gasteiger partial charge in [0.1, 0.15) is 6.04 Å². The Kier molecular flexibility index (Phi) is 6.18. The van der Waals surface area contributed by atoms with Crippen molar-refractivity contribution in [2.24, 2.45) is 0 Å². The van der Waals surface area contributed by atoms with E-state index in [4.69, 9.17) is 14.2 Å². The molecule has 100 valence electrons. The van der Waals surface area contributed by atoms with E-state index in [9.17, 15) is 4.79 Å². The van der Waals surface area contributed by atoms with Crippen LogP contribution in [-0.2, 0) is 14.2 Å². The highest BCUT2D eigenvalue weighted by atomic mass is 16.7. The number of alkyl carbamates (subject to hydrolysis) is 1. The van der Waals surface area contributed by atoms with E-state index in [0.29, 0.717) is 6.61 Å². The fourth-order valence-electron chi connectivity index (χ4n) is 1.64. The number of ether oxygens (including phenoxy) is 3. The summed E-state index contributed by atoms with van der Waals surface area (Å²) in [5, 5.41) is 2.72. The van der Waals surface area contributed by atoms with Crippen LogP contribution in [0.2, 0.25) is 0 Å². The molecule has 0 spiro atoms. The molecule has 0 radical (unpaired) electrons. The van der Waals surface area contributed by atoms with Crippen LogP contribution in [0.3, 0.4) is 0 Å². The van der Waals surface area contributed by atoms with Crippen molar-refractivity contribution in [1.82, 2.24) is 5.32 Å².